The second-order valence-corrected chi connectivity index (χ2v) is 12.4. The fraction of sp³-hybridized carbons (Fsp3) is 0.406. The summed E-state index contributed by atoms with van der Waals surface area (Å²) in [4.78, 5) is 41.0. The van der Waals surface area contributed by atoms with Crippen LogP contribution in [-0.2, 0) is 14.3 Å². The fourth-order valence-electron chi connectivity index (χ4n) is 5.53. The highest BCUT2D eigenvalue weighted by atomic mass is 35.5. The van der Waals surface area contributed by atoms with Gasteiger partial charge in [-0.25, -0.2) is 9.38 Å². The van der Waals surface area contributed by atoms with E-state index in [9.17, 15) is 14.0 Å². The minimum atomic E-state index is -2.19. The monoisotopic (exact) mass is 672 g/mol. The van der Waals surface area contributed by atoms with E-state index in [-0.39, 0.29) is 6.54 Å². The summed E-state index contributed by atoms with van der Waals surface area (Å²) in [6.07, 6.45) is 9.17. The molecule has 2 amide bonds. The van der Waals surface area contributed by atoms with Gasteiger partial charge in [-0.3, -0.25) is 9.59 Å². The third-order valence-electron chi connectivity index (χ3n) is 8.26. The molecule has 1 fully saturated rings. The minimum Gasteiger partial charge on any atom is -0.495 e. The van der Waals surface area contributed by atoms with Gasteiger partial charge in [-0.2, -0.15) is 0 Å². The number of aromatic amines is 1. The molecular formula is C32H39Cl2FN8O3. The Kier molecular flexibility index (Phi) is 10.3. The number of hydrogen-bond donors (Lipinski definition) is 3. The van der Waals surface area contributed by atoms with Crippen molar-refractivity contribution in [1.29, 1.82) is 0 Å². The van der Waals surface area contributed by atoms with Gasteiger partial charge >= 0.3 is 0 Å². The van der Waals surface area contributed by atoms with Crippen molar-refractivity contribution < 1.29 is 18.7 Å². The maximum absolute atomic E-state index is 13.5. The number of carbonyl (C=O) groups is 2. The van der Waals surface area contributed by atoms with Crippen molar-refractivity contribution in [2.75, 3.05) is 54.9 Å². The molecule has 0 radical (unpaired) electrons. The maximum Gasteiger partial charge on any atom is 0.273 e. The van der Waals surface area contributed by atoms with Crippen molar-refractivity contribution in [3.8, 4) is 0 Å². The van der Waals surface area contributed by atoms with E-state index in [1.165, 1.54) is 4.90 Å². The minimum absolute atomic E-state index is 0.272. The number of amides is 2. The molecule has 0 spiro atoms. The zero-order valence-corrected chi connectivity index (χ0v) is 27.9. The Morgan fingerprint density at radius 3 is 2.67 bits per heavy atom. The quantitative estimate of drug-likeness (QED) is 0.315. The lowest BCUT2D eigenvalue weighted by Gasteiger charge is -2.40. The van der Waals surface area contributed by atoms with Gasteiger partial charge in [-0.05, 0) is 32.7 Å². The van der Waals surface area contributed by atoms with Crippen LogP contribution in [0.3, 0.4) is 0 Å². The Hall–Kier alpha value is -4.00. The number of ether oxygens (including phenoxy) is 1. The lowest BCUT2D eigenvalue weighted by atomic mass is 10.0. The second kappa shape index (κ2) is 14.2. The van der Waals surface area contributed by atoms with Gasteiger partial charge in [0.2, 0.25) is 5.91 Å². The number of nitrogens with zero attached hydrogens (tertiary/aromatic N) is 5. The summed E-state index contributed by atoms with van der Waals surface area (Å²) in [5, 5.41) is 8.03. The van der Waals surface area contributed by atoms with Crippen molar-refractivity contribution in [3.63, 3.8) is 0 Å². The van der Waals surface area contributed by atoms with Crippen molar-refractivity contribution in [1.82, 2.24) is 35.2 Å². The topological polar surface area (TPSA) is 109 Å². The summed E-state index contributed by atoms with van der Waals surface area (Å²) in [6, 6.07) is 6.58. The lowest BCUT2D eigenvalue weighted by molar-refractivity contribution is -0.149. The summed E-state index contributed by atoms with van der Waals surface area (Å²) < 4.78 is 19.4. The number of nitrogens with one attached hydrogen (secondary N) is 3. The Bertz CT molecular complexity index is 1630. The molecule has 1 aliphatic carbocycles. The van der Waals surface area contributed by atoms with Crippen LogP contribution < -0.4 is 10.6 Å². The number of hydrogen-bond acceptors (Lipinski definition) is 8. The Morgan fingerprint density at radius 2 is 2.00 bits per heavy atom. The van der Waals surface area contributed by atoms with E-state index in [0.29, 0.717) is 35.2 Å². The van der Waals surface area contributed by atoms with E-state index in [1.54, 1.807) is 7.11 Å². The first-order chi connectivity index (χ1) is 22.0. The van der Waals surface area contributed by atoms with Gasteiger partial charge in [0.1, 0.15) is 11.8 Å². The van der Waals surface area contributed by atoms with Crippen molar-refractivity contribution >= 4 is 51.6 Å². The molecule has 4 atom stereocenters. The Labute approximate surface area is 278 Å². The molecule has 5 rings (SSSR count). The molecule has 11 nitrogen and oxygen atoms in total. The van der Waals surface area contributed by atoms with Crippen LogP contribution in [-0.4, -0.2) is 121 Å². The maximum atomic E-state index is 13.5. The average Bonchev–Trinajstić information content (AvgIpc) is 3.34. The number of benzene rings is 1. The van der Waals surface area contributed by atoms with Crippen LogP contribution in [0.4, 0.5) is 4.39 Å². The summed E-state index contributed by atoms with van der Waals surface area (Å²) in [5.74, 6) is -0.773. The summed E-state index contributed by atoms with van der Waals surface area (Å²) in [7, 11) is 9.36. The number of H-pyrrole nitrogens is 1. The van der Waals surface area contributed by atoms with Crippen LogP contribution in [0.5, 0.6) is 0 Å². The molecule has 46 heavy (non-hydrogen) atoms. The predicted molar refractivity (Wildman–Crippen MR) is 179 cm³/mol. The van der Waals surface area contributed by atoms with Crippen molar-refractivity contribution in [3.05, 3.63) is 82.6 Å². The molecule has 1 aromatic carbocycles. The number of carbonyl (C=O) groups excluding carboxylic acids is 2. The molecule has 0 saturated carbocycles. The van der Waals surface area contributed by atoms with Crippen LogP contribution in [0, 0.1) is 0 Å². The van der Waals surface area contributed by atoms with Crippen LogP contribution in [0.15, 0.2) is 82.1 Å². The number of alkyl halides is 2. The van der Waals surface area contributed by atoms with Crippen LogP contribution >= 0.6 is 23.2 Å². The van der Waals surface area contributed by atoms with Crippen LogP contribution in [0.1, 0.15) is 12.0 Å². The number of halogens is 3. The van der Waals surface area contributed by atoms with Crippen molar-refractivity contribution in [2.45, 2.75) is 30.4 Å². The summed E-state index contributed by atoms with van der Waals surface area (Å²) >= 11 is 12.1. The zero-order chi connectivity index (χ0) is 33.1. The largest absolute Gasteiger partial charge is 0.495 e. The van der Waals surface area contributed by atoms with E-state index in [0.717, 1.165) is 28.7 Å². The third-order valence-corrected chi connectivity index (χ3v) is 8.72. The molecule has 1 saturated heterocycles. The van der Waals surface area contributed by atoms with E-state index in [4.69, 9.17) is 32.9 Å². The SMILES string of the molecule is COC1=C(NC2N=C(c3c[nH]c4ccccc34)C(Cl)=CN2C)C=CC(NC(=O)[C@@H]2CCN2C(=O)C(F)Cl)C(N(C)CCN(C)C)=C1. The third kappa shape index (κ3) is 7.03. The number of aliphatic imine (C=N–C) groups is 1. The molecule has 2 aliphatic heterocycles. The first-order valence-electron chi connectivity index (χ1n) is 14.9. The van der Waals surface area contributed by atoms with Gasteiger partial charge < -0.3 is 40.0 Å². The van der Waals surface area contributed by atoms with E-state index < -0.39 is 35.8 Å². The molecule has 3 unspecified atom stereocenters. The first kappa shape index (κ1) is 33.4. The number of methoxy groups -OCH3 is 1. The molecule has 3 aliphatic rings. The predicted octanol–water partition coefficient (Wildman–Crippen LogP) is 3.28. The zero-order valence-electron chi connectivity index (χ0n) is 26.4. The molecule has 3 heterocycles. The molecule has 246 valence electrons. The highest BCUT2D eigenvalue weighted by Gasteiger charge is 2.41. The smallest absolute Gasteiger partial charge is 0.273 e. The molecule has 0 bridgehead atoms. The molecule has 2 aromatic rings. The Balaban J connectivity index is 1.44. The summed E-state index contributed by atoms with van der Waals surface area (Å²) in [5.41, 5.74) is 1.72. The Morgan fingerprint density at radius 1 is 1.24 bits per heavy atom. The van der Waals surface area contributed by atoms with E-state index in [1.807, 2.05) is 92.9 Å². The molecule has 14 heteroatoms. The lowest BCUT2D eigenvalue weighted by Crippen LogP contribution is -2.60. The van der Waals surface area contributed by atoms with E-state index in [2.05, 4.69) is 20.5 Å². The molecule has 1 aromatic heterocycles. The van der Waals surface area contributed by atoms with Gasteiger partial charge in [-0.1, -0.05) is 47.5 Å². The number of rotatable bonds is 11. The number of para-hydroxylation sites is 1. The highest BCUT2D eigenvalue weighted by molar-refractivity contribution is 6.47. The first-order valence-corrected chi connectivity index (χ1v) is 15.7. The summed E-state index contributed by atoms with van der Waals surface area (Å²) in [6.45, 7) is 1.70. The highest BCUT2D eigenvalue weighted by Crippen LogP contribution is 2.28. The number of fused-ring (bicyclic) bond motifs is 1. The van der Waals surface area contributed by atoms with Crippen LogP contribution in [0.25, 0.3) is 10.9 Å². The standard InChI is InChI=1S/C32H39Cl2FN8O3/c1-40(2)14-15-41(3)26-16-27(46-5)24(11-10-23(26)37-30(44)25-12-13-43(25)31(45)29(34)35)38-32-39-28(21(33)18-42(32)4)20-17-36-22-9-7-6-8-19(20)22/h6-11,16-18,23,25,29,32,36,38H,12-15H2,1-5H3,(H,37,44)/t23?,25-,29?,32?/m0/s1. The fourth-order valence-corrected chi connectivity index (χ4v) is 5.96. The number of allylic oxidation sites excluding steroid dienone is 3. The van der Waals surface area contributed by atoms with E-state index >= 15 is 0 Å². The van der Waals surface area contributed by atoms with Gasteiger partial charge in [-0.15, -0.1) is 0 Å². The average molecular weight is 674 g/mol. The van der Waals surface area contributed by atoms with Crippen molar-refractivity contribution in [2.24, 2.45) is 4.99 Å². The van der Waals surface area contributed by atoms with Crippen LogP contribution in [0.2, 0.25) is 0 Å². The number of aromatic nitrogens is 1. The number of likely N-dealkylation sites (N-methyl/N-ethyl adjacent to an activating group) is 2. The van der Waals surface area contributed by atoms with Gasteiger partial charge in [0.05, 0.1) is 29.6 Å². The van der Waals surface area contributed by atoms with Gasteiger partial charge in [0.25, 0.3) is 11.5 Å². The number of likely N-dealkylation sites (tertiary alicyclic amines) is 1. The normalized spacial score (nSPS) is 22.1. The van der Waals surface area contributed by atoms with Gasteiger partial charge in [0.15, 0.2) is 6.29 Å². The second-order valence-electron chi connectivity index (χ2n) is 11.6. The molecular weight excluding hydrogens is 634 g/mol. The molecule has 3 N–H and O–H groups in total. The van der Waals surface area contributed by atoms with Gasteiger partial charge in [0, 0.05) is 74.4 Å².